The van der Waals surface area contributed by atoms with Gasteiger partial charge in [0.2, 0.25) is 0 Å². The molecule has 1 unspecified atom stereocenters. The van der Waals surface area contributed by atoms with E-state index in [-0.39, 0.29) is 31.1 Å². The van der Waals surface area contributed by atoms with E-state index < -0.39 is 6.10 Å². The predicted molar refractivity (Wildman–Crippen MR) is 311 cm³/mol. The van der Waals surface area contributed by atoms with Crippen molar-refractivity contribution in [3.05, 3.63) is 109 Å². The summed E-state index contributed by atoms with van der Waals surface area (Å²) in [6.07, 6.45) is 81.1. The maximum absolute atomic E-state index is 12.7. The Morgan fingerprint density at radius 3 is 0.917 bits per heavy atom. The highest BCUT2D eigenvalue weighted by Crippen LogP contribution is 2.15. The molecule has 0 aliphatic heterocycles. The van der Waals surface area contributed by atoms with Crippen LogP contribution in [0.5, 0.6) is 0 Å². The maximum Gasteiger partial charge on any atom is 0.306 e. The molecule has 1 atom stereocenters. The summed E-state index contributed by atoms with van der Waals surface area (Å²) in [5.41, 5.74) is 0. The fraction of sp³-hybridized carbons (Fsp3) is 0.682. The molecule has 410 valence electrons. The minimum atomic E-state index is -0.780. The molecule has 0 saturated carbocycles. The summed E-state index contributed by atoms with van der Waals surface area (Å²) < 4.78 is 16.8. The molecule has 6 heteroatoms. The van der Waals surface area contributed by atoms with Gasteiger partial charge in [-0.05, 0) is 103 Å². The monoisotopic (exact) mass is 999 g/mol. The van der Waals surface area contributed by atoms with Gasteiger partial charge < -0.3 is 14.2 Å². The van der Waals surface area contributed by atoms with Gasteiger partial charge in [-0.15, -0.1) is 0 Å². The summed E-state index contributed by atoms with van der Waals surface area (Å²) in [5.74, 6) is -0.898. The maximum atomic E-state index is 12.7. The van der Waals surface area contributed by atoms with Crippen molar-refractivity contribution in [1.29, 1.82) is 0 Å². The summed E-state index contributed by atoms with van der Waals surface area (Å²) in [6, 6.07) is 0. The molecule has 0 heterocycles. The zero-order valence-electron chi connectivity index (χ0n) is 46.9. The van der Waals surface area contributed by atoms with E-state index in [1.54, 1.807) is 0 Å². The second kappa shape index (κ2) is 59.6. The SMILES string of the molecule is CC/C=C\C/C=C\C/C=C\C/C=C\C/C=C\C/C=C\C/C=C\C/C=C\CCCCCCCCCCCCC(=O)OCC(COC(=O)CCCCCCCCCCC)OC(=O)CCCCCCC/C=C\CCC. The summed E-state index contributed by atoms with van der Waals surface area (Å²) in [4.78, 5) is 37.9. The predicted octanol–water partition coefficient (Wildman–Crippen LogP) is 20.3. The molecule has 0 aliphatic rings. The highest BCUT2D eigenvalue weighted by atomic mass is 16.6. The quantitative estimate of drug-likeness (QED) is 0.0261. The Kier molecular flexibility index (Phi) is 56.4. The summed E-state index contributed by atoms with van der Waals surface area (Å²) >= 11 is 0. The van der Waals surface area contributed by atoms with Gasteiger partial charge in [-0.1, -0.05) is 259 Å². The van der Waals surface area contributed by atoms with E-state index >= 15 is 0 Å². The molecular formula is C66H110O6. The van der Waals surface area contributed by atoms with Crippen molar-refractivity contribution in [2.24, 2.45) is 0 Å². The molecule has 0 bridgehead atoms. The van der Waals surface area contributed by atoms with E-state index in [1.807, 2.05) is 0 Å². The highest BCUT2D eigenvalue weighted by molar-refractivity contribution is 5.71. The Morgan fingerprint density at radius 1 is 0.292 bits per heavy atom. The van der Waals surface area contributed by atoms with Gasteiger partial charge in [-0.25, -0.2) is 0 Å². The second-order valence-corrected chi connectivity index (χ2v) is 19.5. The number of rotatable bonds is 53. The van der Waals surface area contributed by atoms with Crippen molar-refractivity contribution in [1.82, 2.24) is 0 Å². The van der Waals surface area contributed by atoms with Gasteiger partial charge >= 0.3 is 17.9 Å². The Bertz CT molecular complexity index is 1470. The molecule has 0 fully saturated rings. The van der Waals surface area contributed by atoms with Crippen molar-refractivity contribution >= 4 is 17.9 Å². The molecule has 0 N–H and O–H groups in total. The van der Waals surface area contributed by atoms with Crippen LogP contribution in [0.3, 0.4) is 0 Å². The van der Waals surface area contributed by atoms with Crippen molar-refractivity contribution in [3.8, 4) is 0 Å². The van der Waals surface area contributed by atoms with Crippen molar-refractivity contribution in [2.45, 2.75) is 277 Å². The average molecular weight is 1000 g/mol. The van der Waals surface area contributed by atoms with Crippen LogP contribution in [0.25, 0.3) is 0 Å². The molecular weight excluding hydrogens is 889 g/mol. The van der Waals surface area contributed by atoms with Crippen LogP contribution in [-0.2, 0) is 28.6 Å². The number of esters is 3. The average Bonchev–Trinajstić information content (AvgIpc) is 3.38. The van der Waals surface area contributed by atoms with Gasteiger partial charge in [0.15, 0.2) is 6.10 Å². The molecule has 72 heavy (non-hydrogen) atoms. The third-order valence-corrected chi connectivity index (χ3v) is 12.5. The first kappa shape index (κ1) is 68.1. The number of unbranched alkanes of at least 4 members (excludes halogenated alkanes) is 24. The van der Waals surface area contributed by atoms with Gasteiger partial charge in [0.25, 0.3) is 0 Å². The smallest absolute Gasteiger partial charge is 0.306 e. The fourth-order valence-electron chi connectivity index (χ4n) is 8.05. The van der Waals surface area contributed by atoms with E-state index in [0.717, 1.165) is 128 Å². The van der Waals surface area contributed by atoms with E-state index in [9.17, 15) is 14.4 Å². The van der Waals surface area contributed by atoms with Crippen LogP contribution in [0.4, 0.5) is 0 Å². The van der Waals surface area contributed by atoms with Crippen LogP contribution in [0.15, 0.2) is 109 Å². The van der Waals surface area contributed by atoms with Crippen LogP contribution >= 0.6 is 0 Å². The Hall–Kier alpha value is -3.93. The lowest BCUT2D eigenvalue weighted by Gasteiger charge is -2.18. The lowest BCUT2D eigenvalue weighted by Crippen LogP contribution is -2.30. The standard InChI is InChI=1S/C66H110O6/c1-4-7-10-13-16-19-21-22-23-24-25-26-27-28-29-30-31-32-33-34-35-36-37-38-39-40-41-42-43-44-45-48-50-53-56-59-65(68)71-62-63(61-70-64(67)58-55-52-49-46-18-15-12-9-6-3)72-66(69)60-57-54-51-47-20-17-14-11-8-5-2/h7,10-11,14,16,19,22-23,25-26,28-29,31-32,34-35,37-38,63H,4-6,8-9,12-13,15,17-18,20-21,24,27,30,33,36,39-62H2,1-3H3/b10-7-,14-11-,19-16-,23-22-,26-25-,29-28-,32-31-,35-34-,38-37-. The third-order valence-electron chi connectivity index (χ3n) is 12.5. The van der Waals surface area contributed by atoms with Crippen LogP contribution < -0.4 is 0 Å². The van der Waals surface area contributed by atoms with Crippen LogP contribution in [0.1, 0.15) is 271 Å². The van der Waals surface area contributed by atoms with Gasteiger partial charge in [-0.2, -0.15) is 0 Å². The van der Waals surface area contributed by atoms with Gasteiger partial charge in [0, 0.05) is 19.3 Å². The lowest BCUT2D eigenvalue weighted by molar-refractivity contribution is -0.167. The molecule has 0 aliphatic carbocycles. The zero-order valence-corrected chi connectivity index (χ0v) is 46.9. The van der Waals surface area contributed by atoms with Crippen molar-refractivity contribution < 1.29 is 28.6 Å². The molecule has 0 spiro atoms. The largest absolute Gasteiger partial charge is 0.462 e. The molecule has 0 aromatic rings. The zero-order chi connectivity index (χ0) is 52.2. The molecule has 0 aromatic carbocycles. The first-order valence-electron chi connectivity index (χ1n) is 29.9. The van der Waals surface area contributed by atoms with Crippen LogP contribution in [-0.4, -0.2) is 37.2 Å². The molecule has 0 amide bonds. The van der Waals surface area contributed by atoms with Gasteiger partial charge in [0.1, 0.15) is 13.2 Å². The normalized spacial score (nSPS) is 12.9. The van der Waals surface area contributed by atoms with Gasteiger partial charge in [-0.3, -0.25) is 14.4 Å². The minimum absolute atomic E-state index is 0.0804. The first-order valence-corrected chi connectivity index (χ1v) is 29.9. The minimum Gasteiger partial charge on any atom is -0.462 e. The number of hydrogen-bond acceptors (Lipinski definition) is 6. The number of carbonyl (C=O) groups is 3. The van der Waals surface area contributed by atoms with Crippen LogP contribution in [0, 0.1) is 0 Å². The number of allylic oxidation sites excluding steroid dienone is 18. The van der Waals surface area contributed by atoms with E-state index in [1.165, 1.54) is 103 Å². The number of hydrogen-bond donors (Lipinski definition) is 0. The van der Waals surface area contributed by atoms with Crippen LogP contribution in [0.2, 0.25) is 0 Å². The summed E-state index contributed by atoms with van der Waals surface area (Å²) in [7, 11) is 0. The van der Waals surface area contributed by atoms with E-state index in [4.69, 9.17) is 14.2 Å². The Labute approximate surface area is 444 Å². The fourth-order valence-corrected chi connectivity index (χ4v) is 8.05. The highest BCUT2D eigenvalue weighted by Gasteiger charge is 2.19. The van der Waals surface area contributed by atoms with Gasteiger partial charge in [0.05, 0.1) is 0 Å². The van der Waals surface area contributed by atoms with Crippen molar-refractivity contribution in [3.63, 3.8) is 0 Å². The molecule has 0 aromatic heterocycles. The lowest BCUT2D eigenvalue weighted by atomic mass is 10.1. The summed E-state index contributed by atoms with van der Waals surface area (Å²) in [6.45, 7) is 6.43. The number of ether oxygens (including phenoxy) is 3. The van der Waals surface area contributed by atoms with Crippen molar-refractivity contribution in [2.75, 3.05) is 13.2 Å². The van der Waals surface area contributed by atoms with E-state index in [0.29, 0.717) is 19.3 Å². The second-order valence-electron chi connectivity index (χ2n) is 19.5. The molecule has 0 radical (unpaired) electrons. The molecule has 0 rings (SSSR count). The molecule has 0 saturated heterocycles. The Morgan fingerprint density at radius 2 is 0.569 bits per heavy atom. The molecule has 6 nitrogen and oxygen atoms in total. The number of carbonyl (C=O) groups excluding carboxylic acids is 3. The third kappa shape index (κ3) is 57.0. The Balaban J connectivity index is 4.07. The van der Waals surface area contributed by atoms with E-state index in [2.05, 4.69) is 130 Å². The first-order chi connectivity index (χ1) is 35.5. The summed E-state index contributed by atoms with van der Waals surface area (Å²) in [5, 5.41) is 0. The topological polar surface area (TPSA) is 78.9 Å².